The predicted octanol–water partition coefficient (Wildman–Crippen LogP) is -3.10. The fraction of sp³-hybridized carbons (Fsp3) is 0.737. The molecular formula is C19H36N6O7. The van der Waals surface area contributed by atoms with Gasteiger partial charge in [0.05, 0.1) is 6.61 Å². The molecule has 4 amide bonds. The van der Waals surface area contributed by atoms with E-state index < -0.39 is 66.3 Å². The van der Waals surface area contributed by atoms with Crippen LogP contribution in [0.1, 0.15) is 46.0 Å². The van der Waals surface area contributed by atoms with E-state index in [0.717, 1.165) is 0 Å². The monoisotopic (exact) mass is 460 g/mol. The highest BCUT2D eigenvalue weighted by Crippen LogP contribution is 2.07. The molecule has 4 unspecified atom stereocenters. The van der Waals surface area contributed by atoms with Gasteiger partial charge in [-0.25, -0.2) is 4.79 Å². The number of aliphatic hydroxyl groups is 1. The van der Waals surface area contributed by atoms with Gasteiger partial charge in [-0.2, -0.15) is 0 Å². The first-order valence-electron chi connectivity index (χ1n) is 10.4. The number of unbranched alkanes of at least 4 members (excludes halogenated alkanes) is 1. The maximum absolute atomic E-state index is 12.8. The predicted molar refractivity (Wildman–Crippen MR) is 115 cm³/mol. The molecule has 0 rings (SSSR count). The summed E-state index contributed by atoms with van der Waals surface area (Å²) in [6.07, 6.45) is 0.884. The Balaban J connectivity index is 5.36. The van der Waals surface area contributed by atoms with Crippen LogP contribution in [0.4, 0.5) is 0 Å². The number of carboxylic acid groups (broad SMARTS) is 1. The van der Waals surface area contributed by atoms with E-state index in [4.69, 9.17) is 22.3 Å². The Bertz CT molecular complexity index is 658. The number of carboxylic acids is 1. The first-order valence-corrected chi connectivity index (χ1v) is 10.4. The molecule has 11 N–H and O–H groups in total. The van der Waals surface area contributed by atoms with Crippen molar-refractivity contribution < 1.29 is 34.2 Å². The molecule has 0 aliphatic carbocycles. The van der Waals surface area contributed by atoms with Crippen LogP contribution in [0.5, 0.6) is 0 Å². The number of carbonyl (C=O) groups excluding carboxylic acids is 4. The summed E-state index contributed by atoms with van der Waals surface area (Å²) in [5, 5.41) is 25.6. The number of aliphatic carboxylic acids is 1. The number of amides is 4. The van der Waals surface area contributed by atoms with Gasteiger partial charge < -0.3 is 43.4 Å². The molecule has 0 aromatic carbocycles. The summed E-state index contributed by atoms with van der Waals surface area (Å²) in [6.45, 7) is 3.03. The second-order valence-corrected chi connectivity index (χ2v) is 7.77. The van der Waals surface area contributed by atoms with Crippen molar-refractivity contribution in [1.82, 2.24) is 16.0 Å². The first kappa shape index (κ1) is 29.2. The van der Waals surface area contributed by atoms with Gasteiger partial charge in [-0.05, 0) is 38.1 Å². The average molecular weight is 461 g/mol. The number of primary amides is 1. The van der Waals surface area contributed by atoms with E-state index in [1.807, 2.05) is 0 Å². The lowest BCUT2D eigenvalue weighted by molar-refractivity contribution is -0.142. The van der Waals surface area contributed by atoms with Gasteiger partial charge in [0.25, 0.3) is 0 Å². The summed E-state index contributed by atoms with van der Waals surface area (Å²) in [5.74, 6) is -4.66. The number of carbonyl (C=O) groups is 5. The van der Waals surface area contributed by atoms with Gasteiger partial charge in [0, 0.05) is 6.42 Å². The Morgan fingerprint density at radius 3 is 1.94 bits per heavy atom. The lowest BCUT2D eigenvalue weighted by atomic mass is 10.0. The lowest BCUT2D eigenvalue weighted by Crippen LogP contribution is -2.58. The van der Waals surface area contributed by atoms with Gasteiger partial charge in [0.1, 0.15) is 24.2 Å². The van der Waals surface area contributed by atoms with E-state index in [0.29, 0.717) is 19.4 Å². The Kier molecular flexibility index (Phi) is 13.8. The molecule has 0 aliphatic heterocycles. The zero-order valence-corrected chi connectivity index (χ0v) is 18.5. The molecule has 32 heavy (non-hydrogen) atoms. The van der Waals surface area contributed by atoms with Crippen molar-refractivity contribution in [3.8, 4) is 0 Å². The number of hydrogen-bond donors (Lipinski definition) is 8. The quantitative estimate of drug-likeness (QED) is 0.109. The van der Waals surface area contributed by atoms with Crippen LogP contribution < -0.4 is 33.2 Å². The molecule has 13 heteroatoms. The molecule has 13 nitrogen and oxygen atoms in total. The van der Waals surface area contributed by atoms with E-state index in [1.165, 1.54) is 0 Å². The van der Waals surface area contributed by atoms with Crippen molar-refractivity contribution in [3.05, 3.63) is 0 Å². The second-order valence-electron chi connectivity index (χ2n) is 7.77. The third-order valence-corrected chi connectivity index (χ3v) is 4.65. The van der Waals surface area contributed by atoms with Crippen LogP contribution in [-0.4, -0.2) is 77.1 Å². The van der Waals surface area contributed by atoms with Gasteiger partial charge in [-0.1, -0.05) is 13.8 Å². The Hall–Kier alpha value is -2.77. The molecular weight excluding hydrogens is 424 g/mol. The SMILES string of the molecule is CC(C)C(NC(=O)C(CCC(N)=O)NC(=O)C(N)CO)C(=O)NC(CCCCN)C(=O)O. The van der Waals surface area contributed by atoms with E-state index in [9.17, 15) is 29.1 Å². The van der Waals surface area contributed by atoms with Crippen LogP contribution in [0, 0.1) is 5.92 Å². The summed E-state index contributed by atoms with van der Waals surface area (Å²) >= 11 is 0. The fourth-order valence-corrected chi connectivity index (χ4v) is 2.72. The number of nitrogens with two attached hydrogens (primary N) is 3. The van der Waals surface area contributed by atoms with Gasteiger partial charge in [-0.3, -0.25) is 19.2 Å². The standard InChI is InChI=1S/C19H36N6O7/c1-10(2)15(18(30)24-13(19(31)32)5-3-4-8-20)25-17(29)12(6-7-14(22)27)23-16(28)11(21)9-26/h10-13,15,26H,3-9,20-21H2,1-2H3,(H2,22,27)(H,23,28)(H,24,30)(H,25,29)(H,31,32). The lowest BCUT2D eigenvalue weighted by Gasteiger charge is -2.27. The van der Waals surface area contributed by atoms with Crippen LogP contribution >= 0.6 is 0 Å². The van der Waals surface area contributed by atoms with Crippen molar-refractivity contribution in [1.29, 1.82) is 0 Å². The minimum Gasteiger partial charge on any atom is -0.480 e. The molecule has 0 spiro atoms. The number of hydrogen-bond acceptors (Lipinski definition) is 8. The summed E-state index contributed by atoms with van der Waals surface area (Å²) < 4.78 is 0. The molecule has 0 saturated heterocycles. The van der Waals surface area contributed by atoms with Crippen molar-refractivity contribution in [2.45, 2.75) is 70.1 Å². The Morgan fingerprint density at radius 1 is 0.875 bits per heavy atom. The molecule has 0 saturated carbocycles. The molecule has 0 aromatic heterocycles. The average Bonchev–Trinajstić information content (AvgIpc) is 2.72. The van der Waals surface area contributed by atoms with Gasteiger partial charge in [-0.15, -0.1) is 0 Å². The number of aliphatic hydroxyl groups excluding tert-OH is 1. The van der Waals surface area contributed by atoms with E-state index >= 15 is 0 Å². The Labute approximate surface area is 186 Å². The summed E-state index contributed by atoms with van der Waals surface area (Å²) in [5.41, 5.74) is 16.0. The third-order valence-electron chi connectivity index (χ3n) is 4.65. The summed E-state index contributed by atoms with van der Waals surface area (Å²) in [6, 6.07) is -4.80. The van der Waals surface area contributed by atoms with Crippen molar-refractivity contribution in [2.24, 2.45) is 23.1 Å². The molecule has 0 radical (unpaired) electrons. The minimum absolute atomic E-state index is 0.158. The van der Waals surface area contributed by atoms with E-state index in [1.54, 1.807) is 13.8 Å². The zero-order valence-electron chi connectivity index (χ0n) is 18.5. The van der Waals surface area contributed by atoms with Crippen LogP contribution in [0.3, 0.4) is 0 Å². The van der Waals surface area contributed by atoms with Crippen molar-refractivity contribution in [2.75, 3.05) is 13.2 Å². The molecule has 0 bridgehead atoms. The smallest absolute Gasteiger partial charge is 0.326 e. The Morgan fingerprint density at radius 2 is 1.47 bits per heavy atom. The highest BCUT2D eigenvalue weighted by atomic mass is 16.4. The molecule has 4 atom stereocenters. The molecule has 0 aromatic rings. The van der Waals surface area contributed by atoms with Crippen LogP contribution in [0.2, 0.25) is 0 Å². The molecule has 0 fully saturated rings. The van der Waals surface area contributed by atoms with Gasteiger partial charge >= 0.3 is 5.97 Å². The number of nitrogens with one attached hydrogen (secondary N) is 3. The highest BCUT2D eigenvalue weighted by Gasteiger charge is 2.31. The normalized spacial score (nSPS) is 14.7. The summed E-state index contributed by atoms with van der Waals surface area (Å²) in [4.78, 5) is 60.0. The topological polar surface area (TPSA) is 240 Å². The third kappa shape index (κ3) is 11.0. The largest absolute Gasteiger partial charge is 0.480 e. The van der Waals surface area contributed by atoms with Crippen LogP contribution in [0.25, 0.3) is 0 Å². The van der Waals surface area contributed by atoms with Gasteiger partial charge in [0.15, 0.2) is 0 Å². The second kappa shape index (κ2) is 15.1. The fourth-order valence-electron chi connectivity index (χ4n) is 2.72. The van der Waals surface area contributed by atoms with E-state index in [-0.39, 0.29) is 19.3 Å². The zero-order chi connectivity index (χ0) is 24.8. The van der Waals surface area contributed by atoms with Crippen LogP contribution in [-0.2, 0) is 24.0 Å². The minimum atomic E-state index is -1.28. The molecule has 184 valence electrons. The number of rotatable bonds is 16. The van der Waals surface area contributed by atoms with Crippen LogP contribution in [0.15, 0.2) is 0 Å². The first-order chi connectivity index (χ1) is 14.9. The van der Waals surface area contributed by atoms with Gasteiger partial charge in [0.2, 0.25) is 23.6 Å². The van der Waals surface area contributed by atoms with Crippen molar-refractivity contribution in [3.63, 3.8) is 0 Å². The highest BCUT2D eigenvalue weighted by molar-refractivity contribution is 5.94. The van der Waals surface area contributed by atoms with Crippen molar-refractivity contribution >= 4 is 29.6 Å². The maximum atomic E-state index is 12.8. The maximum Gasteiger partial charge on any atom is 0.326 e. The summed E-state index contributed by atoms with van der Waals surface area (Å²) in [7, 11) is 0. The molecule has 0 heterocycles. The molecule has 0 aliphatic rings. The van der Waals surface area contributed by atoms with E-state index in [2.05, 4.69) is 16.0 Å².